The van der Waals surface area contributed by atoms with E-state index in [0.29, 0.717) is 0 Å². The molecule has 1 atom stereocenters. The predicted octanol–water partition coefficient (Wildman–Crippen LogP) is 3.50. The SMILES string of the molecule is Cc1cc(C(C)NCCC(F)(F)F)c(C)o1. The first-order chi connectivity index (χ1) is 7.29. The molecule has 0 bridgehead atoms. The first-order valence-corrected chi connectivity index (χ1v) is 5.16. The van der Waals surface area contributed by atoms with Crippen molar-refractivity contribution in [3.8, 4) is 0 Å². The lowest BCUT2D eigenvalue weighted by Crippen LogP contribution is -2.24. The molecule has 1 N–H and O–H groups in total. The predicted molar refractivity (Wildman–Crippen MR) is 55.3 cm³/mol. The van der Waals surface area contributed by atoms with Gasteiger partial charge in [-0.2, -0.15) is 13.2 Å². The van der Waals surface area contributed by atoms with E-state index in [9.17, 15) is 13.2 Å². The molecule has 92 valence electrons. The van der Waals surface area contributed by atoms with Crippen LogP contribution in [0.25, 0.3) is 0 Å². The van der Waals surface area contributed by atoms with Gasteiger partial charge >= 0.3 is 6.18 Å². The fourth-order valence-corrected chi connectivity index (χ4v) is 1.62. The molecule has 1 heterocycles. The van der Waals surface area contributed by atoms with Crippen LogP contribution in [0.4, 0.5) is 13.2 Å². The van der Waals surface area contributed by atoms with Crippen molar-refractivity contribution in [2.45, 2.75) is 39.4 Å². The number of alkyl halides is 3. The van der Waals surface area contributed by atoms with E-state index in [-0.39, 0.29) is 12.6 Å². The van der Waals surface area contributed by atoms with Gasteiger partial charge in [0.05, 0.1) is 6.42 Å². The minimum atomic E-state index is -4.10. The van der Waals surface area contributed by atoms with Gasteiger partial charge in [0, 0.05) is 18.2 Å². The van der Waals surface area contributed by atoms with Crippen molar-refractivity contribution in [2.75, 3.05) is 6.54 Å². The molecular formula is C11H16F3NO. The lowest BCUT2D eigenvalue weighted by molar-refractivity contribution is -0.133. The number of nitrogens with one attached hydrogen (secondary N) is 1. The van der Waals surface area contributed by atoms with Gasteiger partial charge in [-0.05, 0) is 26.8 Å². The molecule has 1 aromatic heterocycles. The van der Waals surface area contributed by atoms with Gasteiger partial charge in [-0.25, -0.2) is 0 Å². The maximum atomic E-state index is 11.9. The third-order valence-electron chi connectivity index (χ3n) is 2.40. The van der Waals surface area contributed by atoms with Gasteiger partial charge in [0.1, 0.15) is 11.5 Å². The van der Waals surface area contributed by atoms with Crippen molar-refractivity contribution < 1.29 is 17.6 Å². The van der Waals surface area contributed by atoms with Gasteiger partial charge in [-0.1, -0.05) is 0 Å². The van der Waals surface area contributed by atoms with Gasteiger partial charge in [0.2, 0.25) is 0 Å². The van der Waals surface area contributed by atoms with Gasteiger partial charge < -0.3 is 9.73 Å². The summed E-state index contributed by atoms with van der Waals surface area (Å²) in [7, 11) is 0. The molecule has 1 unspecified atom stereocenters. The Morgan fingerprint density at radius 1 is 1.38 bits per heavy atom. The number of aryl methyl sites for hydroxylation is 2. The maximum Gasteiger partial charge on any atom is 0.390 e. The van der Waals surface area contributed by atoms with Crippen molar-refractivity contribution >= 4 is 0 Å². The summed E-state index contributed by atoms with van der Waals surface area (Å²) in [5.74, 6) is 1.53. The van der Waals surface area contributed by atoms with Crippen LogP contribution in [-0.2, 0) is 0 Å². The summed E-state index contributed by atoms with van der Waals surface area (Å²) in [4.78, 5) is 0. The Labute approximate surface area is 92.8 Å². The molecule has 5 heteroatoms. The summed E-state index contributed by atoms with van der Waals surface area (Å²) in [6.07, 6.45) is -4.92. The summed E-state index contributed by atoms with van der Waals surface area (Å²) < 4.78 is 41.1. The van der Waals surface area contributed by atoms with Crippen molar-refractivity contribution in [3.05, 3.63) is 23.2 Å². The largest absolute Gasteiger partial charge is 0.466 e. The van der Waals surface area contributed by atoms with Crippen molar-refractivity contribution in [3.63, 3.8) is 0 Å². The summed E-state index contributed by atoms with van der Waals surface area (Å²) in [5, 5.41) is 2.83. The molecule has 0 spiro atoms. The summed E-state index contributed by atoms with van der Waals surface area (Å²) in [5.41, 5.74) is 0.916. The van der Waals surface area contributed by atoms with Gasteiger partial charge in [-0.3, -0.25) is 0 Å². The van der Waals surface area contributed by atoms with E-state index < -0.39 is 12.6 Å². The Kier molecular flexibility index (Phi) is 4.02. The normalized spacial score (nSPS) is 14.1. The third-order valence-corrected chi connectivity index (χ3v) is 2.40. The molecule has 0 saturated heterocycles. The Hall–Kier alpha value is -0.970. The van der Waals surface area contributed by atoms with Crippen LogP contribution in [0.15, 0.2) is 10.5 Å². The van der Waals surface area contributed by atoms with Gasteiger partial charge in [-0.15, -0.1) is 0 Å². The smallest absolute Gasteiger partial charge is 0.390 e. The molecule has 0 aliphatic heterocycles. The molecule has 1 aromatic rings. The zero-order valence-electron chi connectivity index (χ0n) is 9.61. The minimum Gasteiger partial charge on any atom is -0.466 e. The molecule has 16 heavy (non-hydrogen) atoms. The molecule has 0 amide bonds. The van der Waals surface area contributed by atoms with Crippen LogP contribution in [0.5, 0.6) is 0 Å². The van der Waals surface area contributed by atoms with Gasteiger partial charge in [0.15, 0.2) is 0 Å². The van der Waals surface area contributed by atoms with Crippen molar-refractivity contribution in [1.29, 1.82) is 0 Å². The molecule has 0 saturated carbocycles. The number of rotatable bonds is 4. The summed E-state index contributed by atoms with van der Waals surface area (Å²) in [6, 6.07) is 1.72. The van der Waals surface area contributed by atoms with E-state index in [1.807, 2.05) is 26.8 Å². The molecule has 0 radical (unpaired) electrons. The summed E-state index contributed by atoms with van der Waals surface area (Å²) in [6.45, 7) is 5.38. The monoisotopic (exact) mass is 235 g/mol. The fourth-order valence-electron chi connectivity index (χ4n) is 1.62. The van der Waals surface area contributed by atoms with Crippen LogP contribution in [0.1, 0.15) is 36.5 Å². The van der Waals surface area contributed by atoms with Crippen LogP contribution in [0.3, 0.4) is 0 Å². The first kappa shape index (κ1) is 13.1. The molecule has 0 aliphatic rings. The fraction of sp³-hybridized carbons (Fsp3) is 0.636. The third kappa shape index (κ3) is 3.89. The van der Waals surface area contributed by atoms with Crippen LogP contribution in [-0.4, -0.2) is 12.7 Å². The standard InChI is InChI=1S/C11H16F3NO/c1-7-6-10(9(3)16-7)8(2)15-5-4-11(12,13)14/h6,8,15H,4-5H2,1-3H3. The lowest BCUT2D eigenvalue weighted by atomic mass is 10.1. The number of hydrogen-bond acceptors (Lipinski definition) is 2. The number of halogens is 3. The van der Waals surface area contributed by atoms with Crippen LogP contribution < -0.4 is 5.32 Å². The second-order valence-corrected chi connectivity index (χ2v) is 3.91. The quantitative estimate of drug-likeness (QED) is 0.864. The molecule has 0 fully saturated rings. The Balaban J connectivity index is 2.47. The zero-order valence-corrected chi connectivity index (χ0v) is 9.61. The Morgan fingerprint density at radius 2 is 2.00 bits per heavy atom. The Morgan fingerprint density at radius 3 is 2.44 bits per heavy atom. The number of furan rings is 1. The van der Waals surface area contributed by atoms with E-state index in [4.69, 9.17) is 4.42 Å². The van der Waals surface area contributed by atoms with Crippen molar-refractivity contribution in [2.24, 2.45) is 0 Å². The van der Waals surface area contributed by atoms with Crippen LogP contribution in [0.2, 0.25) is 0 Å². The maximum absolute atomic E-state index is 11.9. The molecule has 0 aromatic carbocycles. The molecular weight excluding hydrogens is 219 g/mol. The highest BCUT2D eigenvalue weighted by atomic mass is 19.4. The highest BCUT2D eigenvalue weighted by molar-refractivity contribution is 5.23. The van der Waals surface area contributed by atoms with E-state index in [2.05, 4.69) is 5.32 Å². The second kappa shape index (κ2) is 4.91. The summed E-state index contributed by atoms with van der Waals surface area (Å²) >= 11 is 0. The lowest BCUT2D eigenvalue weighted by Gasteiger charge is -2.14. The van der Waals surface area contributed by atoms with Gasteiger partial charge in [0.25, 0.3) is 0 Å². The highest BCUT2D eigenvalue weighted by Crippen LogP contribution is 2.22. The number of hydrogen-bond donors (Lipinski definition) is 1. The van der Waals surface area contributed by atoms with Crippen LogP contribution in [0, 0.1) is 13.8 Å². The molecule has 2 nitrogen and oxygen atoms in total. The van der Waals surface area contributed by atoms with E-state index in [1.54, 1.807) is 0 Å². The average molecular weight is 235 g/mol. The molecule has 1 rings (SSSR count). The van der Waals surface area contributed by atoms with E-state index >= 15 is 0 Å². The first-order valence-electron chi connectivity index (χ1n) is 5.16. The van der Waals surface area contributed by atoms with Crippen molar-refractivity contribution in [1.82, 2.24) is 5.32 Å². The van der Waals surface area contributed by atoms with E-state index in [0.717, 1.165) is 17.1 Å². The van der Waals surface area contributed by atoms with E-state index in [1.165, 1.54) is 0 Å². The minimum absolute atomic E-state index is 0.0751. The van der Waals surface area contributed by atoms with Crippen LogP contribution >= 0.6 is 0 Å². The topological polar surface area (TPSA) is 25.2 Å². The highest BCUT2D eigenvalue weighted by Gasteiger charge is 2.26. The second-order valence-electron chi connectivity index (χ2n) is 3.91. The zero-order chi connectivity index (χ0) is 12.3. The average Bonchev–Trinajstić information content (AvgIpc) is 2.43. The molecule has 0 aliphatic carbocycles. The Bertz CT molecular complexity index is 343.